The fraction of sp³-hybridized carbons (Fsp3) is 0.462. The van der Waals surface area contributed by atoms with Gasteiger partial charge in [0, 0.05) is 4.90 Å². The van der Waals surface area contributed by atoms with Gasteiger partial charge in [-0.25, -0.2) is 0 Å². The van der Waals surface area contributed by atoms with Crippen LogP contribution in [0.2, 0.25) is 5.02 Å². The molecule has 0 radical (unpaired) electrons. The topological polar surface area (TPSA) is 26.3 Å². The van der Waals surface area contributed by atoms with Gasteiger partial charge in [0.1, 0.15) is 5.25 Å². The van der Waals surface area contributed by atoms with Crippen LogP contribution in [0.5, 0.6) is 0 Å². The largest absolute Gasteiger partial charge is 0.465 e. The van der Waals surface area contributed by atoms with Crippen molar-refractivity contribution in [2.45, 2.75) is 36.8 Å². The molecule has 0 amide bonds. The molecular formula is C13H17ClO2S. The van der Waals surface area contributed by atoms with Crippen LogP contribution in [0.25, 0.3) is 0 Å². The summed E-state index contributed by atoms with van der Waals surface area (Å²) in [6, 6.07) is 7.56. The SMILES string of the molecule is CCCC(Sc1ccccc1Cl)C(=O)OCC. The first-order valence-electron chi connectivity index (χ1n) is 5.76. The number of halogens is 1. The Morgan fingerprint density at radius 2 is 2.12 bits per heavy atom. The van der Waals surface area contributed by atoms with E-state index in [2.05, 4.69) is 6.92 Å². The monoisotopic (exact) mass is 272 g/mol. The number of ether oxygens (including phenoxy) is 1. The molecule has 94 valence electrons. The predicted octanol–water partition coefficient (Wildman–Crippen LogP) is 4.16. The lowest BCUT2D eigenvalue weighted by Gasteiger charge is -2.14. The molecule has 0 N–H and O–H groups in total. The summed E-state index contributed by atoms with van der Waals surface area (Å²) in [5, 5.41) is 0.516. The van der Waals surface area contributed by atoms with Crippen molar-refractivity contribution >= 4 is 29.3 Å². The van der Waals surface area contributed by atoms with Crippen LogP contribution in [0, 0.1) is 0 Å². The number of thioether (sulfide) groups is 1. The number of hydrogen-bond donors (Lipinski definition) is 0. The van der Waals surface area contributed by atoms with E-state index in [0.717, 1.165) is 17.7 Å². The molecule has 17 heavy (non-hydrogen) atoms. The molecule has 0 fully saturated rings. The van der Waals surface area contributed by atoms with Gasteiger partial charge in [0.05, 0.1) is 11.6 Å². The van der Waals surface area contributed by atoms with E-state index in [4.69, 9.17) is 16.3 Å². The lowest BCUT2D eigenvalue weighted by Crippen LogP contribution is -2.20. The highest BCUT2D eigenvalue weighted by Crippen LogP contribution is 2.32. The fourth-order valence-electron chi connectivity index (χ4n) is 1.42. The summed E-state index contributed by atoms with van der Waals surface area (Å²) < 4.78 is 5.07. The third-order valence-electron chi connectivity index (χ3n) is 2.21. The molecule has 0 heterocycles. The third-order valence-corrected chi connectivity index (χ3v) is 3.97. The summed E-state index contributed by atoms with van der Waals surface area (Å²) >= 11 is 7.56. The lowest BCUT2D eigenvalue weighted by molar-refractivity contribution is -0.142. The minimum absolute atomic E-state index is 0.153. The van der Waals surface area contributed by atoms with Crippen LogP contribution in [0.3, 0.4) is 0 Å². The van der Waals surface area contributed by atoms with Crippen molar-refractivity contribution < 1.29 is 9.53 Å². The first kappa shape index (κ1) is 14.4. The number of carbonyl (C=O) groups excluding carboxylic acids is 1. The maximum Gasteiger partial charge on any atom is 0.319 e. The molecule has 2 nitrogen and oxygen atoms in total. The van der Waals surface area contributed by atoms with Crippen LogP contribution in [-0.4, -0.2) is 17.8 Å². The van der Waals surface area contributed by atoms with E-state index in [1.54, 1.807) is 0 Å². The van der Waals surface area contributed by atoms with E-state index >= 15 is 0 Å². The molecule has 0 aliphatic rings. The van der Waals surface area contributed by atoms with Gasteiger partial charge >= 0.3 is 5.97 Å². The third kappa shape index (κ3) is 4.60. The lowest BCUT2D eigenvalue weighted by atomic mass is 10.2. The Labute approximate surface area is 112 Å². The Morgan fingerprint density at radius 1 is 1.41 bits per heavy atom. The number of carbonyl (C=O) groups is 1. The second-order valence-corrected chi connectivity index (χ2v) is 5.23. The van der Waals surface area contributed by atoms with Gasteiger partial charge in [-0.1, -0.05) is 37.1 Å². The van der Waals surface area contributed by atoms with Crippen molar-refractivity contribution in [2.24, 2.45) is 0 Å². The molecule has 0 bridgehead atoms. The second-order valence-electron chi connectivity index (χ2n) is 3.58. The average molecular weight is 273 g/mol. The normalized spacial score (nSPS) is 12.2. The molecule has 0 saturated carbocycles. The molecule has 0 aromatic heterocycles. The van der Waals surface area contributed by atoms with E-state index in [-0.39, 0.29) is 11.2 Å². The standard InChI is InChI=1S/C13H17ClO2S/c1-3-7-12(13(15)16-4-2)17-11-9-6-5-8-10(11)14/h5-6,8-9,12H,3-4,7H2,1-2H3. The van der Waals surface area contributed by atoms with Gasteiger partial charge in [0.25, 0.3) is 0 Å². The smallest absolute Gasteiger partial charge is 0.319 e. The van der Waals surface area contributed by atoms with Crippen LogP contribution in [0.15, 0.2) is 29.2 Å². The summed E-state index contributed by atoms with van der Waals surface area (Å²) in [6.07, 6.45) is 1.75. The Bertz CT molecular complexity index is 368. The van der Waals surface area contributed by atoms with Crippen molar-refractivity contribution in [3.05, 3.63) is 29.3 Å². The number of rotatable bonds is 6. The Kier molecular flexibility index (Phi) is 6.45. The predicted molar refractivity (Wildman–Crippen MR) is 72.6 cm³/mol. The molecule has 0 aliphatic carbocycles. The maximum absolute atomic E-state index is 11.8. The molecule has 0 spiro atoms. The highest BCUT2D eigenvalue weighted by Gasteiger charge is 2.20. The van der Waals surface area contributed by atoms with Crippen LogP contribution in [0.4, 0.5) is 0 Å². The zero-order valence-electron chi connectivity index (χ0n) is 10.1. The summed E-state index contributed by atoms with van der Waals surface area (Å²) in [5.74, 6) is -0.153. The molecule has 1 aromatic carbocycles. The van der Waals surface area contributed by atoms with Crippen LogP contribution in [0.1, 0.15) is 26.7 Å². The minimum Gasteiger partial charge on any atom is -0.465 e. The van der Waals surface area contributed by atoms with Gasteiger partial charge in [0.2, 0.25) is 0 Å². The van der Waals surface area contributed by atoms with Crippen molar-refractivity contribution in [1.29, 1.82) is 0 Å². The summed E-state index contributed by atoms with van der Waals surface area (Å²) in [5.41, 5.74) is 0. The molecule has 0 aliphatic heterocycles. The quantitative estimate of drug-likeness (QED) is 0.574. The van der Waals surface area contributed by atoms with Crippen molar-refractivity contribution in [2.75, 3.05) is 6.61 Å². The molecular weight excluding hydrogens is 256 g/mol. The van der Waals surface area contributed by atoms with E-state index in [1.807, 2.05) is 31.2 Å². The van der Waals surface area contributed by atoms with E-state index in [1.165, 1.54) is 11.8 Å². The van der Waals surface area contributed by atoms with Crippen LogP contribution >= 0.6 is 23.4 Å². The maximum atomic E-state index is 11.8. The van der Waals surface area contributed by atoms with Crippen LogP contribution in [-0.2, 0) is 9.53 Å². The minimum atomic E-state index is -0.167. The average Bonchev–Trinajstić information content (AvgIpc) is 2.31. The van der Waals surface area contributed by atoms with Crippen LogP contribution < -0.4 is 0 Å². The highest BCUT2D eigenvalue weighted by atomic mass is 35.5. The summed E-state index contributed by atoms with van der Waals surface area (Å²) in [6.45, 7) is 4.29. The van der Waals surface area contributed by atoms with E-state index in [9.17, 15) is 4.79 Å². The first-order valence-corrected chi connectivity index (χ1v) is 7.02. The molecule has 1 rings (SSSR count). The zero-order chi connectivity index (χ0) is 12.7. The molecule has 4 heteroatoms. The molecule has 1 atom stereocenters. The van der Waals surface area contributed by atoms with E-state index < -0.39 is 0 Å². The van der Waals surface area contributed by atoms with Gasteiger partial charge in [0.15, 0.2) is 0 Å². The fourth-order valence-corrected chi connectivity index (χ4v) is 2.85. The highest BCUT2D eigenvalue weighted by molar-refractivity contribution is 8.00. The second kappa shape index (κ2) is 7.62. The van der Waals surface area contributed by atoms with E-state index in [0.29, 0.717) is 11.6 Å². The molecule has 1 unspecified atom stereocenters. The van der Waals surface area contributed by atoms with Gasteiger partial charge in [-0.05, 0) is 25.5 Å². The first-order chi connectivity index (χ1) is 8.19. The Balaban J connectivity index is 2.73. The summed E-state index contributed by atoms with van der Waals surface area (Å²) in [4.78, 5) is 12.7. The number of esters is 1. The number of benzene rings is 1. The van der Waals surface area contributed by atoms with Crippen molar-refractivity contribution in [3.8, 4) is 0 Å². The van der Waals surface area contributed by atoms with Gasteiger partial charge in [-0.3, -0.25) is 4.79 Å². The van der Waals surface area contributed by atoms with Gasteiger partial charge in [-0.2, -0.15) is 0 Å². The van der Waals surface area contributed by atoms with Gasteiger partial charge in [-0.15, -0.1) is 11.8 Å². The Hall–Kier alpha value is -0.670. The van der Waals surface area contributed by atoms with Crippen molar-refractivity contribution in [3.63, 3.8) is 0 Å². The molecule has 1 aromatic rings. The Morgan fingerprint density at radius 3 is 2.71 bits per heavy atom. The number of hydrogen-bond acceptors (Lipinski definition) is 3. The zero-order valence-corrected chi connectivity index (χ0v) is 11.7. The molecule has 0 saturated heterocycles. The van der Waals surface area contributed by atoms with Crippen molar-refractivity contribution in [1.82, 2.24) is 0 Å². The van der Waals surface area contributed by atoms with Gasteiger partial charge < -0.3 is 4.74 Å². The summed E-state index contributed by atoms with van der Waals surface area (Å²) in [7, 11) is 0.